The first-order valence-corrected chi connectivity index (χ1v) is 13.3. The van der Waals surface area contributed by atoms with Gasteiger partial charge in [-0.05, 0) is 68.4 Å². The van der Waals surface area contributed by atoms with Crippen molar-refractivity contribution in [1.29, 1.82) is 0 Å². The number of hydrogen-bond acceptors (Lipinski definition) is 8. The number of aromatic nitrogens is 4. The molecule has 1 N–H and O–H groups in total. The number of ether oxygens (including phenoxy) is 2. The lowest BCUT2D eigenvalue weighted by Gasteiger charge is -2.46. The molecule has 5 aromatic rings. The highest BCUT2D eigenvalue weighted by molar-refractivity contribution is 6.00. The average Bonchev–Trinajstić information content (AvgIpc) is 3.30. The van der Waals surface area contributed by atoms with Crippen molar-refractivity contribution in [3.05, 3.63) is 66.7 Å². The predicted molar refractivity (Wildman–Crippen MR) is 154 cm³/mol. The Morgan fingerprint density at radius 2 is 1.87 bits per heavy atom. The standard InChI is InChI=1S/C30H31N7O2/c1-18-13-19(5-10-26(18)38-20-6-8-23-22(14-20)33-17-36(23)3)34-30-28-21(31-16-32-30)7-9-24-29(28)39-27-11-12-35(2)15-25(27)37(24)4/h5-10,13-14,16-17,25,27H,11-12,15H2,1-4H3,(H,31,32,34). The molecule has 198 valence electrons. The van der Waals surface area contributed by atoms with E-state index < -0.39 is 0 Å². The number of nitrogens with one attached hydrogen (secondary N) is 1. The van der Waals surface area contributed by atoms with Crippen LogP contribution in [0.4, 0.5) is 17.2 Å². The topological polar surface area (TPSA) is 80.6 Å². The van der Waals surface area contributed by atoms with Crippen LogP contribution in [-0.2, 0) is 7.05 Å². The van der Waals surface area contributed by atoms with Crippen molar-refractivity contribution in [3.8, 4) is 17.2 Å². The van der Waals surface area contributed by atoms with E-state index in [0.717, 1.165) is 81.5 Å². The Hall–Kier alpha value is -4.37. The van der Waals surface area contributed by atoms with Crippen LogP contribution >= 0.6 is 0 Å². The molecule has 0 saturated carbocycles. The molecule has 2 aromatic heterocycles. The minimum Gasteiger partial charge on any atom is -0.485 e. The van der Waals surface area contributed by atoms with Crippen LogP contribution in [0.5, 0.6) is 17.2 Å². The number of benzene rings is 3. The van der Waals surface area contributed by atoms with Gasteiger partial charge in [0.15, 0.2) is 5.75 Å². The number of anilines is 3. The Balaban J connectivity index is 1.19. The summed E-state index contributed by atoms with van der Waals surface area (Å²) in [5.74, 6) is 3.13. The molecule has 1 saturated heterocycles. The van der Waals surface area contributed by atoms with Crippen LogP contribution in [0.3, 0.4) is 0 Å². The summed E-state index contributed by atoms with van der Waals surface area (Å²) in [5.41, 5.74) is 5.82. The number of likely N-dealkylation sites (tertiary alicyclic amines) is 1. The van der Waals surface area contributed by atoms with Crippen molar-refractivity contribution in [2.24, 2.45) is 7.05 Å². The molecule has 2 unspecified atom stereocenters. The van der Waals surface area contributed by atoms with Crippen molar-refractivity contribution in [2.75, 3.05) is 37.4 Å². The molecule has 1 fully saturated rings. The van der Waals surface area contributed by atoms with Gasteiger partial charge in [0.05, 0.1) is 40.0 Å². The Labute approximate surface area is 227 Å². The third kappa shape index (κ3) is 4.10. The molecule has 9 heteroatoms. The summed E-state index contributed by atoms with van der Waals surface area (Å²) in [6.07, 6.45) is 4.54. The summed E-state index contributed by atoms with van der Waals surface area (Å²) >= 11 is 0. The Morgan fingerprint density at radius 3 is 2.74 bits per heavy atom. The molecule has 0 bridgehead atoms. The lowest BCUT2D eigenvalue weighted by molar-refractivity contribution is 0.0815. The number of fused-ring (bicyclic) bond motifs is 5. The second-order valence-corrected chi connectivity index (χ2v) is 10.6. The van der Waals surface area contributed by atoms with Crippen LogP contribution in [0.25, 0.3) is 21.9 Å². The van der Waals surface area contributed by atoms with Gasteiger partial charge in [-0.2, -0.15) is 0 Å². The monoisotopic (exact) mass is 521 g/mol. The average molecular weight is 522 g/mol. The first kappa shape index (κ1) is 23.7. The van der Waals surface area contributed by atoms with Crippen LogP contribution in [0.2, 0.25) is 0 Å². The van der Waals surface area contributed by atoms with Gasteiger partial charge in [-0.3, -0.25) is 0 Å². The number of imidazole rings is 1. The van der Waals surface area contributed by atoms with E-state index in [2.05, 4.69) is 56.3 Å². The van der Waals surface area contributed by atoms with Gasteiger partial charge >= 0.3 is 0 Å². The molecular weight excluding hydrogens is 490 g/mol. The fourth-order valence-corrected chi connectivity index (χ4v) is 5.80. The largest absolute Gasteiger partial charge is 0.485 e. The normalized spacial score (nSPS) is 19.0. The first-order valence-electron chi connectivity index (χ1n) is 13.3. The minimum absolute atomic E-state index is 0.140. The minimum atomic E-state index is 0.140. The van der Waals surface area contributed by atoms with Gasteiger partial charge in [-0.1, -0.05) is 0 Å². The predicted octanol–water partition coefficient (Wildman–Crippen LogP) is 5.26. The molecule has 0 radical (unpaired) electrons. The highest BCUT2D eigenvalue weighted by Crippen LogP contribution is 2.45. The Bertz CT molecular complexity index is 1720. The fourth-order valence-electron chi connectivity index (χ4n) is 5.80. The molecule has 3 aromatic carbocycles. The number of aryl methyl sites for hydroxylation is 2. The molecule has 2 aliphatic rings. The highest BCUT2D eigenvalue weighted by atomic mass is 16.5. The van der Waals surface area contributed by atoms with Crippen molar-refractivity contribution < 1.29 is 9.47 Å². The molecule has 2 aliphatic heterocycles. The van der Waals surface area contributed by atoms with E-state index in [-0.39, 0.29) is 6.10 Å². The van der Waals surface area contributed by atoms with Crippen LogP contribution < -0.4 is 19.7 Å². The van der Waals surface area contributed by atoms with E-state index in [1.807, 2.05) is 61.3 Å². The highest BCUT2D eigenvalue weighted by Gasteiger charge is 2.38. The Morgan fingerprint density at radius 1 is 0.974 bits per heavy atom. The van der Waals surface area contributed by atoms with Crippen molar-refractivity contribution in [3.63, 3.8) is 0 Å². The van der Waals surface area contributed by atoms with Gasteiger partial charge in [-0.25, -0.2) is 15.0 Å². The van der Waals surface area contributed by atoms with Gasteiger partial charge < -0.3 is 29.2 Å². The second-order valence-electron chi connectivity index (χ2n) is 10.6. The molecule has 0 spiro atoms. The van der Waals surface area contributed by atoms with E-state index in [4.69, 9.17) is 9.47 Å². The van der Waals surface area contributed by atoms with Crippen LogP contribution in [-0.4, -0.2) is 63.7 Å². The molecule has 7 rings (SSSR count). The van der Waals surface area contributed by atoms with Crippen molar-refractivity contribution in [1.82, 2.24) is 24.4 Å². The molecule has 0 aliphatic carbocycles. The van der Waals surface area contributed by atoms with Gasteiger partial charge in [-0.15, -0.1) is 0 Å². The fraction of sp³-hybridized carbons (Fsp3) is 0.300. The maximum atomic E-state index is 6.67. The summed E-state index contributed by atoms with van der Waals surface area (Å²) in [7, 11) is 6.32. The molecule has 2 atom stereocenters. The summed E-state index contributed by atoms with van der Waals surface area (Å²) in [6.45, 7) is 4.05. The lowest BCUT2D eigenvalue weighted by Crippen LogP contribution is -2.57. The first-order chi connectivity index (χ1) is 18.9. The number of piperidine rings is 1. The third-order valence-corrected chi connectivity index (χ3v) is 7.97. The Kier molecular flexibility index (Phi) is 5.55. The summed E-state index contributed by atoms with van der Waals surface area (Å²) in [5, 5.41) is 4.43. The third-order valence-electron chi connectivity index (χ3n) is 7.97. The smallest absolute Gasteiger partial charge is 0.156 e. The molecular formula is C30H31N7O2. The van der Waals surface area contributed by atoms with E-state index in [1.54, 1.807) is 6.33 Å². The van der Waals surface area contributed by atoms with Gasteiger partial charge in [0.25, 0.3) is 0 Å². The van der Waals surface area contributed by atoms with E-state index in [0.29, 0.717) is 6.04 Å². The van der Waals surface area contributed by atoms with Crippen LogP contribution in [0.1, 0.15) is 12.0 Å². The van der Waals surface area contributed by atoms with Crippen LogP contribution in [0.15, 0.2) is 61.2 Å². The van der Waals surface area contributed by atoms with Gasteiger partial charge in [0, 0.05) is 38.9 Å². The molecule has 4 heterocycles. The van der Waals surface area contributed by atoms with Crippen molar-refractivity contribution in [2.45, 2.75) is 25.5 Å². The quantitative estimate of drug-likeness (QED) is 0.343. The maximum absolute atomic E-state index is 6.67. The maximum Gasteiger partial charge on any atom is 0.156 e. The number of hydrogen-bond donors (Lipinski definition) is 1. The zero-order valence-electron chi connectivity index (χ0n) is 22.5. The SMILES string of the molecule is Cc1cc(Nc2ncnc3ccc4c(c23)OC2CCN(C)CC2N4C)ccc1Oc1ccc2c(c1)ncn2C. The van der Waals surface area contributed by atoms with Crippen LogP contribution in [0, 0.1) is 6.92 Å². The second kappa shape index (κ2) is 9.13. The number of likely N-dealkylation sites (N-methyl/N-ethyl adjacent to an activating group) is 2. The molecule has 39 heavy (non-hydrogen) atoms. The van der Waals surface area contributed by atoms with E-state index in [9.17, 15) is 0 Å². The molecule has 0 amide bonds. The van der Waals surface area contributed by atoms with E-state index >= 15 is 0 Å². The van der Waals surface area contributed by atoms with Crippen molar-refractivity contribution >= 4 is 39.1 Å². The summed E-state index contributed by atoms with van der Waals surface area (Å²) in [4.78, 5) is 18.3. The summed E-state index contributed by atoms with van der Waals surface area (Å²) < 4.78 is 14.9. The zero-order valence-corrected chi connectivity index (χ0v) is 22.5. The summed E-state index contributed by atoms with van der Waals surface area (Å²) in [6, 6.07) is 16.5. The zero-order chi connectivity index (χ0) is 26.7. The number of rotatable bonds is 4. The number of nitrogens with zero attached hydrogens (tertiary/aromatic N) is 6. The lowest BCUT2D eigenvalue weighted by atomic mass is 9.97. The molecule has 9 nitrogen and oxygen atoms in total. The van der Waals surface area contributed by atoms with E-state index in [1.165, 1.54) is 0 Å². The van der Waals surface area contributed by atoms with Gasteiger partial charge in [0.2, 0.25) is 0 Å². The van der Waals surface area contributed by atoms with Gasteiger partial charge in [0.1, 0.15) is 29.7 Å².